The molecule has 27 heavy (non-hydrogen) atoms. The molecule has 9 heteroatoms. The Balaban J connectivity index is 0.00000261. The van der Waals surface area contributed by atoms with E-state index in [1.165, 1.54) is 17.4 Å². The van der Waals surface area contributed by atoms with Crippen LogP contribution in [-0.4, -0.2) is 60.9 Å². The van der Waals surface area contributed by atoms with E-state index >= 15 is 0 Å². The second kappa shape index (κ2) is 9.77. The molecule has 0 saturated carbocycles. The summed E-state index contributed by atoms with van der Waals surface area (Å²) in [6.07, 6.45) is 0. The highest BCUT2D eigenvalue weighted by atomic mass is 35.5. The lowest BCUT2D eigenvalue weighted by molar-refractivity contribution is 0.0633. The van der Waals surface area contributed by atoms with Crippen LogP contribution in [0.2, 0.25) is 0 Å². The largest absolute Gasteiger partial charge is 0.351 e. The molecule has 1 fully saturated rings. The lowest BCUT2D eigenvalue weighted by Gasteiger charge is -2.34. The topological polar surface area (TPSA) is 52.7 Å². The van der Waals surface area contributed by atoms with E-state index in [-0.39, 0.29) is 23.9 Å². The summed E-state index contributed by atoms with van der Waals surface area (Å²) in [4.78, 5) is 27.9. The zero-order valence-electron chi connectivity index (χ0n) is 14.5. The molecule has 5 nitrogen and oxygen atoms in total. The van der Waals surface area contributed by atoms with E-state index in [1.54, 1.807) is 16.3 Å². The van der Waals surface area contributed by atoms with Gasteiger partial charge in [0.1, 0.15) is 11.6 Å². The average molecular weight is 416 g/mol. The van der Waals surface area contributed by atoms with Gasteiger partial charge in [-0.15, -0.1) is 12.4 Å². The van der Waals surface area contributed by atoms with Crippen molar-refractivity contribution in [1.29, 1.82) is 0 Å². The molecule has 1 saturated heterocycles. The maximum absolute atomic E-state index is 13.8. The molecule has 1 N–H and O–H groups in total. The van der Waals surface area contributed by atoms with Crippen molar-refractivity contribution in [3.05, 3.63) is 57.8 Å². The van der Waals surface area contributed by atoms with Crippen molar-refractivity contribution in [1.82, 2.24) is 15.1 Å². The summed E-state index contributed by atoms with van der Waals surface area (Å²) in [5.74, 6) is -2.05. The van der Waals surface area contributed by atoms with E-state index in [2.05, 4.69) is 10.2 Å². The summed E-state index contributed by atoms with van der Waals surface area (Å²) in [5, 5.41) is 6.52. The van der Waals surface area contributed by atoms with Crippen LogP contribution in [0, 0.1) is 11.6 Å². The van der Waals surface area contributed by atoms with Crippen LogP contribution in [0.4, 0.5) is 8.78 Å². The number of hydrogen-bond donors (Lipinski definition) is 1. The number of carbonyl (C=O) groups is 2. The van der Waals surface area contributed by atoms with Gasteiger partial charge in [0.05, 0.1) is 5.56 Å². The molecule has 1 aromatic carbocycles. The molecule has 0 spiro atoms. The first-order valence-electron chi connectivity index (χ1n) is 8.31. The molecule has 0 aliphatic carbocycles. The van der Waals surface area contributed by atoms with Crippen molar-refractivity contribution in [2.24, 2.45) is 0 Å². The van der Waals surface area contributed by atoms with Gasteiger partial charge in [-0.05, 0) is 23.6 Å². The van der Waals surface area contributed by atoms with E-state index in [9.17, 15) is 18.4 Å². The lowest BCUT2D eigenvalue weighted by atomic mass is 10.1. The Kier molecular flexibility index (Phi) is 7.70. The number of nitrogens with one attached hydrogen (secondary N) is 1. The first-order chi connectivity index (χ1) is 12.5. The quantitative estimate of drug-likeness (QED) is 0.816. The molecule has 0 radical (unpaired) electrons. The normalized spacial score (nSPS) is 14.5. The number of halogens is 3. The first kappa shape index (κ1) is 21.3. The molecule has 1 aliphatic rings. The predicted octanol–water partition coefficient (Wildman–Crippen LogP) is 2.64. The van der Waals surface area contributed by atoms with Crippen molar-refractivity contribution in [3.63, 3.8) is 0 Å². The second-order valence-electron chi connectivity index (χ2n) is 6.03. The van der Waals surface area contributed by atoms with Crippen molar-refractivity contribution in [2.75, 3.05) is 39.3 Å². The molecule has 2 heterocycles. The molecule has 0 atom stereocenters. The van der Waals surface area contributed by atoms with Crippen molar-refractivity contribution < 1.29 is 18.4 Å². The first-order valence-corrected chi connectivity index (χ1v) is 9.26. The maximum atomic E-state index is 13.8. The molecule has 0 bridgehead atoms. The van der Waals surface area contributed by atoms with E-state index in [1.807, 2.05) is 5.38 Å². The van der Waals surface area contributed by atoms with Gasteiger partial charge in [-0.3, -0.25) is 14.5 Å². The number of thiophene rings is 1. The van der Waals surface area contributed by atoms with Crippen LogP contribution in [0.3, 0.4) is 0 Å². The van der Waals surface area contributed by atoms with Crippen LogP contribution >= 0.6 is 23.7 Å². The molecular formula is C18H20ClF2N3O2S. The Hall–Kier alpha value is -2.03. The van der Waals surface area contributed by atoms with Gasteiger partial charge in [0.25, 0.3) is 11.8 Å². The number of benzene rings is 1. The fourth-order valence-corrected chi connectivity index (χ4v) is 3.47. The number of nitrogens with zero attached hydrogens (tertiary/aromatic N) is 2. The average Bonchev–Trinajstić information content (AvgIpc) is 3.16. The highest BCUT2D eigenvalue weighted by Gasteiger charge is 2.24. The Morgan fingerprint density at radius 3 is 2.48 bits per heavy atom. The predicted molar refractivity (Wildman–Crippen MR) is 103 cm³/mol. The molecule has 0 unspecified atom stereocenters. The summed E-state index contributed by atoms with van der Waals surface area (Å²) in [6, 6.07) is 4.76. The van der Waals surface area contributed by atoms with E-state index in [4.69, 9.17) is 0 Å². The number of amides is 2. The standard InChI is InChI=1S/C18H19F2N3O2S.ClH/c19-14-1-2-15(16(20)11-14)18(25)23-8-6-22(7-9-23)5-4-21-17(24)13-3-10-26-12-13;/h1-3,10-12H,4-9H2,(H,21,24);1H. The smallest absolute Gasteiger partial charge is 0.256 e. The molecule has 2 amide bonds. The minimum absolute atomic E-state index is 0. The molecular weight excluding hydrogens is 396 g/mol. The summed E-state index contributed by atoms with van der Waals surface area (Å²) in [5.41, 5.74) is 0.551. The van der Waals surface area contributed by atoms with Crippen LogP contribution in [0.15, 0.2) is 35.0 Å². The van der Waals surface area contributed by atoms with Crippen molar-refractivity contribution >= 4 is 35.6 Å². The van der Waals surface area contributed by atoms with Crippen molar-refractivity contribution in [3.8, 4) is 0 Å². The van der Waals surface area contributed by atoms with Gasteiger partial charge < -0.3 is 10.2 Å². The van der Waals surface area contributed by atoms with Gasteiger partial charge in [0, 0.05) is 56.3 Å². The number of rotatable bonds is 5. The maximum Gasteiger partial charge on any atom is 0.256 e. The molecule has 146 valence electrons. The Bertz CT molecular complexity index is 781. The molecule has 2 aromatic rings. The highest BCUT2D eigenvalue weighted by molar-refractivity contribution is 7.08. The summed E-state index contributed by atoms with van der Waals surface area (Å²) in [6.45, 7) is 3.42. The van der Waals surface area contributed by atoms with Crippen LogP contribution in [0.25, 0.3) is 0 Å². The molecule has 1 aliphatic heterocycles. The lowest BCUT2D eigenvalue weighted by Crippen LogP contribution is -2.50. The van der Waals surface area contributed by atoms with Gasteiger partial charge in [0.2, 0.25) is 0 Å². The number of carbonyl (C=O) groups excluding carboxylic acids is 2. The fraction of sp³-hybridized carbons (Fsp3) is 0.333. The zero-order chi connectivity index (χ0) is 18.5. The monoisotopic (exact) mass is 415 g/mol. The van der Waals surface area contributed by atoms with Gasteiger partial charge in [0.15, 0.2) is 0 Å². The van der Waals surface area contributed by atoms with Crippen LogP contribution in [0.1, 0.15) is 20.7 Å². The SMILES string of the molecule is Cl.O=C(NCCN1CCN(C(=O)c2ccc(F)cc2F)CC1)c1ccsc1. The molecule has 3 rings (SSSR count). The Labute approximate surface area is 166 Å². The number of piperazine rings is 1. The third kappa shape index (κ3) is 5.47. The minimum atomic E-state index is -0.839. The van der Waals surface area contributed by atoms with Gasteiger partial charge >= 0.3 is 0 Å². The second-order valence-corrected chi connectivity index (χ2v) is 6.81. The zero-order valence-corrected chi connectivity index (χ0v) is 16.1. The van der Waals surface area contributed by atoms with Gasteiger partial charge in [-0.1, -0.05) is 0 Å². The van der Waals surface area contributed by atoms with Gasteiger partial charge in [-0.2, -0.15) is 11.3 Å². The highest BCUT2D eigenvalue weighted by Crippen LogP contribution is 2.14. The summed E-state index contributed by atoms with van der Waals surface area (Å²) < 4.78 is 26.7. The van der Waals surface area contributed by atoms with Crippen LogP contribution in [-0.2, 0) is 0 Å². The summed E-state index contributed by atoms with van der Waals surface area (Å²) >= 11 is 1.48. The minimum Gasteiger partial charge on any atom is -0.351 e. The van der Waals surface area contributed by atoms with Crippen LogP contribution < -0.4 is 5.32 Å². The van der Waals surface area contributed by atoms with E-state index < -0.39 is 17.5 Å². The van der Waals surface area contributed by atoms with E-state index in [0.717, 1.165) is 12.1 Å². The van der Waals surface area contributed by atoms with Crippen LogP contribution in [0.5, 0.6) is 0 Å². The molecule has 1 aromatic heterocycles. The third-order valence-electron chi connectivity index (χ3n) is 4.32. The van der Waals surface area contributed by atoms with Crippen molar-refractivity contribution in [2.45, 2.75) is 0 Å². The number of hydrogen-bond acceptors (Lipinski definition) is 4. The van der Waals surface area contributed by atoms with E-state index in [0.29, 0.717) is 44.8 Å². The third-order valence-corrected chi connectivity index (χ3v) is 5.00. The van der Waals surface area contributed by atoms with Gasteiger partial charge in [-0.25, -0.2) is 8.78 Å². The Morgan fingerprint density at radius 2 is 1.85 bits per heavy atom. The Morgan fingerprint density at radius 1 is 1.11 bits per heavy atom. The summed E-state index contributed by atoms with van der Waals surface area (Å²) in [7, 11) is 0. The fourth-order valence-electron chi connectivity index (χ4n) is 2.83.